The Hall–Kier alpha value is -0.370. The topological polar surface area (TPSA) is 0 Å². The fraction of sp³-hybridized carbons (Fsp3) is 0.143. The summed E-state index contributed by atoms with van der Waals surface area (Å²) >= 11 is 3.40. The van der Waals surface area contributed by atoms with E-state index in [0.29, 0.717) is 0 Å². The highest BCUT2D eigenvalue weighted by Crippen LogP contribution is 2.13. The number of hydrogen-bond acceptors (Lipinski definition) is 0. The van der Waals surface area contributed by atoms with Gasteiger partial charge in [0.1, 0.15) is 0 Å². The monoisotopic (exact) mass is 190 g/mol. The van der Waals surface area contributed by atoms with Crippen molar-refractivity contribution in [3.8, 4) is 0 Å². The summed E-state index contributed by atoms with van der Waals surface area (Å²) in [5.74, 6) is 0. The summed E-state index contributed by atoms with van der Waals surface area (Å²) in [5.41, 5.74) is 1.28. The molecule has 50 valence electrons. The van der Waals surface area contributed by atoms with E-state index in [1.165, 1.54) is 10.0 Å². The predicted molar refractivity (Wildman–Crippen MR) is 41.4 cm³/mol. The molecule has 0 unspecified atom stereocenters. The van der Waals surface area contributed by atoms with Gasteiger partial charge in [-0.3, -0.25) is 4.70 Å². The molecule has 9 heavy (non-hydrogen) atoms. The summed E-state index contributed by atoms with van der Waals surface area (Å²) in [6.07, 6.45) is 0. The maximum absolute atomic E-state index is 3.40. The maximum Gasteiger partial charge on any atom is 0.0204 e. The standard InChI is InChI=1S/C7H7Br.FH/c1-6-4-2-3-5-7(6)8;/h2-5H,1H3;1H. The fourth-order valence-corrected chi connectivity index (χ4v) is 0.836. The summed E-state index contributed by atoms with van der Waals surface area (Å²) < 4.78 is 1.18. The van der Waals surface area contributed by atoms with E-state index in [9.17, 15) is 0 Å². The largest absolute Gasteiger partial charge is 0.269 e. The molecule has 0 saturated carbocycles. The minimum atomic E-state index is 0. The molecule has 0 N–H and O–H groups in total. The average molecular weight is 191 g/mol. The summed E-state index contributed by atoms with van der Waals surface area (Å²) in [6.45, 7) is 2.07. The van der Waals surface area contributed by atoms with Crippen LogP contribution in [0.15, 0.2) is 28.7 Å². The van der Waals surface area contributed by atoms with Crippen molar-refractivity contribution >= 4 is 15.9 Å². The van der Waals surface area contributed by atoms with Crippen LogP contribution >= 0.6 is 15.9 Å². The minimum Gasteiger partial charge on any atom is -0.269 e. The smallest absolute Gasteiger partial charge is 0.0204 e. The van der Waals surface area contributed by atoms with Crippen LogP contribution in [0.3, 0.4) is 0 Å². The van der Waals surface area contributed by atoms with Gasteiger partial charge in [0, 0.05) is 4.47 Å². The third kappa shape index (κ3) is 2.14. The molecule has 0 spiro atoms. The second-order valence-corrected chi connectivity index (χ2v) is 2.60. The number of hydrogen-bond donors (Lipinski definition) is 0. The van der Waals surface area contributed by atoms with Crippen LogP contribution < -0.4 is 0 Å². The third-order valence-corrected chi connectivity index (χ3v) is 1.97. The quantitative estimate of drug-likeness (QED) is 0.591. The van der Waals surface area contributed by atoms with Crippen LogP contribution in [0, 0.1) is 6.92 Å². The molecule has 0 aliphatic carbocycles. The molecule has 1 rings (SSSR count). The molecule has 2 heteroatoms. The lowest BCUT2D eigenvalue weighted by Crippen LogP contribution is -1.69. The van der Waals surface area contributed by atoms with Crippen molar-refractivity contribution in [1.29, 1.82) is 0 Å². The van der Waals surface area contributed by atoms with Crippen molar-refractivity contribution in [2.75, 3.05) is 0 Å². The fourth-order valence-electron chi connectivity index (χ4n) is 0.551. The highest BCUT2D eigenvalue weighted by Gasteiger charge is 1.85. The van der Waals surface area contributed by atoms with Gasteiger partial charge in [0.05, 0.1) is 0 Å². The van der Waals surface area contributed by atoms with Crippen molar-refractivity contribution in [3.63, 3.8) is 0 Å². The van der Waals surface area contributed by atoms with Gasteiger partial charge in [-0.15, -0.1) is 0 Å². The van der Waals surface area contributed by atoms with Crippen LogP contribution in [-0.2, 0) is 0 Å². The Morgan fingerprint density at radius 1 is 1.22 bits per heavy atom. The molecule has 0 bridgehead atoms. The SMILES string of the molecule is Cc1ccccc1Br.F. The van der Waals surface area contributed by atoms with Crippen molar-refractivity contribution < 1.29 is 4.70 Å². The van der Waals surface area contributed by atoms with Crippen LogP contribution in [0.2, 0.25) is 0 Å². The highest BCUT2D eigenvalue weighted by molar-refractivity contribution is 9.10. The average Bonchev–Trinajstić information content (AvgIpc) is 1.77. The maximum atomic E-state index is 3.40. The zero-order chi connectivity index (χ0) is 5.98. The predicted octanol–water partition coefficient (Wildman–Crippen LogP) is 2.91. The molecule has 0 aliphatic heterocycles. The molecule has 1 aromatic carbocycles. The van der Waals surface area contributed by atoms with E-state index in [2.05, 4.69) is 28.9 Å². The zero-order valence-electron chi connectivity index (χ0n) is 5.10. The molecule has 1 aromatic rings. The van der Waals surface area contributed by atoms with Crippen LogP contribution in [-0.4, -0.2) is 0 Å². The van der Waals surface area contributed by atoms with Gasteiger partial charge in [0.2, 0.25) is 0 Å². The van der Waals surface area contributed by atoms with Crippen LogP contribution in [0.1, 0.15) is 5.56 Å². The van der Waals surface area contributed by atoms with Crippen molar-refractivity contribution in [3.05, 3.63) is 34.3 Å². The van der Waals surface area contributed by atoms with Crippen LogP contribution in [0.5, 0.6) is 0 Å². The Morgan fingerprint density at radius 3 is 2.11 bits per heavy atom. The lowest BCUT2D eigenvalue weighted by molar-refractivity contribution is 1.11. The van der Waals surface area contributed by atoms with Gasteiger partial charge in [-0.05, 0) is 18.6 Å². The van der Waals surface area contributed by atoms with Gasteiger partial charge < -0.3 is 0 Å². The Kier molecular flexibility index (Phi) is 3.47. The molecule has 0 aromatic heterocycles. The second kappa shape index (κ2) is 3.62. The van der Waals surface area contributed by atoms with E-state index >= 15 is 0 Å². The molecule has 0 atom stereocenters. The van der Waals surface area contributed by atoms with Gasteiger partial charge >= 0.3 is 0 Å². The number of aryl methyl sites for hydroxylation is 1. The Bertz CT molecular complexity index is 165. The first-order valence-electron chi connectivity index (χ1n) is 2.52. The Labute approximate surface area is 62.4 Å². The van der Waals surface area contributed by atoms with Crippen molar-refractivity contribution in [1.82, 2.24) is 0 Å². The summed E-state index contributed by atoms with van der Waals surface area (Å²) in [5, 5.41) is 0. The van der Waals surface area contributed by atoms with Crippen molar-refractivity contribution in [2.45, 2.75) is 6.92 Å². The Morgan fingerprint density at radius 2 is 1.78 bits per heavy atom. The highest BCUT2D eigenvalue weighted by atomic mass is 79.9. The normalized spacial score (nSPS) is 8.22. The van der Waals surface area contributed by atoms with E-state index < -0.39 is 0 Å². The molecule has 0 fully saturated rings. The molecule has 0 amide bonds. The first kappa shape index (κ1) is 8.63. The number of halogens is 2. The molecule has 0 saturated heterocycles. The van der Waals surface area contributed by atoms with Gasteiger partial charge in [-0.2, -0.15) is 0 Å². The Balaban J connectivity index is 0.000000640. The summed E-state index contributed by atoms with van der Waals surface area (Å²) in [4.78, 5) is 0. The van der Waals surface area contributed by atoms with Crippen LogP contribution in [0.4, 0.5) is 4.70 Å². The lowest BCUT2D eigenvalue weighted by Gasteiger charge is -1.91. The lowest BCUT2D eigenvalue weighted by atomic mass is 10.2. The zero-order valence-corrected chi connectivity index (χ0v) is 6.68. The number of benzene rings is 1. The van der Waals surface area contributed by atoms with Gasteiger partial charge in [-0.25, -0.2) is 0 Å². The number of rotatable bonds is 0. The van der Waals surface area contributed by atoms with E-state index in [0.717, 1.165) is 0 Å². The van der Waals surface area contributed by atoms with Gasteiger partial charge in [-0.1, -0.05) is 34.1 Å². The molecule has 0 heterocycles. The molecule has 0 aliphatic rings. The van der Waals surface area contributed by atoms with E-state index in [-0.39, 0.29) is 4.70 Å². The van der Waals surface area contributed by atoms with E-state index in [4.69, 9.17) is 0 Å². The van der Waals surface area contributed by atoms with Crippen molar-refractivity contribution in [2.24, 2.45) is 0 Å². The molecule has 0 nitrogen and oxygen atoms in total. The molecular formula is C7H8BrF. The minimum absolute atomic E-state index is 0. The van der Waals surface area contributed by atoms with E-state index in [1.807, 2.05) is 18.2 Å². The third-order valence-electron chi connectivity index (χ3n) is 1.08. The molecule has 0 radical (unpaired) electrons. The second-order valence-electron chi connectivity index (χ2n) is 1.75. The summed E-state index contributed by atoms with van der Waals surface area (Å²) in [7, 11) is 0. The first-order chi connectivity index (χ1) is 3.80. The van der Waals surface area contributed by atoms with E-state index in [1.54, 1.807) is 0 Å². The summed E-state index contributed by atoms with van der Waals surface area (Å²) in [6, 6.07) is 8.15. The van der Waals surface area contributed by atoms with Gasteiger partial charge in [0.25, 0.3) is 0 Å². The van der Waals surface area contributed by atoms with Gasteiger partial charge in [0.15, 0.2) is 0 Å². The first-order valence-corrected chi connectivity index (χ1v) is 3.31. The van der Waals surface area contributed by atoms with Crippen LogP contribution in [0.25, 0.3) is 0 Å². The molecular weight excluding hydrogens is 183 g/mol.